The van der Waals surface area contributed by atoms with E-state index < -0.39 is 5.97 Å². The Morgan fingerprint density at radius 1 is 1.21 bits per heavy atom. The number of esters is 1. The highest BCUT2D eigenvalue weighted by Gasteiger charge is 2.19. The molecule has 0 aromatic carbocycles. The molecule has 0 unspecified atom stereocenters. The second-order valence-electron chi connectivity index (χ2n) is 6.42. The van der Waals surface area contributed by atoms with Crippen LogP contribution in [0.25, 0.3) is 0 Å². The first-order valence-corrected chi connectivity index (χ1v) is 7.68. The number of ether oxygens (including phenoxy) is 1. The van der Waals surface area contributed by atoms with E-state index in [1.165, 1.54) is 13.0 Å². The van der Waals surface area contributed by atoms with Gasteiger partial charge in [-0.25, -0.2) is 14.8 Å². The first-order valence-electron chi connectivity index (χ1n) is 7.68. The summed E-state index contributed by atoms with van der Waals surface area (Å²) >= 11 is 0. The zero-order valence-corrected chi connectivity index (χ0v) is 14.8. The molecule has 5 N–H and O–H groups in total. The molecule has 0 saturated carbocycles. The van der Waals surface area contributed by atoms with E-state index in [4.69, 9.17) is 16.2 Å². The number of aryl methyl sites for hydroxylation is 1. The number of carbonyl (C=O) groups excluding carboxylic acids is 2. The minimum Gasteiger partial charge on any atom is -0.426 e. The van der Waals surface area contributed by atoms with Crippen molar-refractivity contribution in [2.75, 3.05) is 11.5 Å². The number of allylic oxidation sites excluding steroid dienone is 1. The van der Waals surface area contributed by atoms with Crippen LogP contribution in [0, 0.1) is 0 Å². The Hall–Kier alpha value is -2.64. The largest absolute Gasteiger partial charge is 0.426 e. The van der Waals surface area contributed by atoms with Crippen molar-refractivity contribution in [2.45, 2.75) is 53.0 Å². The molecule has 24 heavy (non-hydrogen) atoms. The van der Waals surface area contributed by atoms with E-state index in [0.717, 1.165) is 6.42 Å². The standard InChI is InChI=1S/C16H25N5O3/c1-6-7-10-13(17)20-14(18)12(19-10)15(23)24-9(2)8-11(22)21-16(3,4)5/h8H,6-7H2,1-5H3,(H,21,22)(H4,17,18,20)/b9-8+. The first kappa shape index (κ1) is 19.4. The highest BCUT2D eigenvalue weighted by atomic mass is 16.5. The number of nitrogens with zero attached hydrogens (tertiary/aromatic N) is 2. The van der Waals surface area contributed by atoms with Gasteiger partial charge in [0.15, 0.2) is 11.5 Å². The van der Waals surface area contributed by atoms with Gasteiger partial charge >= 0.3 is 5.97 Å². The van der Waals surface area contributed by atoms with Gasteiger partial charge in [0.1, 0.15) is 11.6 Å². The van der Waals surface area contributed by atoms with Gasteiger partial charge in [-0.05, 0) is 34.1 Å². The summed E-state index contributed by atoms with van der Waals surface area (Å²) in [4.78, 5) is 32.0. The Morgan fingerprint density at radius 3 is 2.38 bits per heavy atom. The quantitative estimate of drug-likeness (QED) is 0.422. The molecule has 0 aliphatic heterocycles. The highest BCUT2D eigenvalue weighted by Crippen LogP contribution is 2.16. The summed E-state index contributed by atoms with van der Waals surface area (Å²) in [5, 5.41) is 2.73. The van der Waals surface area contributed by atoms with Crippen molar-refractivity contribution in [2.24, 2.45) is 0 Å². The van der Waals surface area contributed by atoms with Gasteiger partial charge in [-0.15, -0.1) is 0 Å². The van der Waals surface area contributed by atoms with Crippen LogP contribution in [0.4, 0.5) is 11.6 Å². The maximum Gasteiger partial charge on any atom is 0.365 e. The fourth-order valence-corrected chi connectivity index (χ4v) is 1.88. The summed E-state index contributed by atoms with van der Waals surface area (Å²) in [6, 6.07) is 0. The van der Waals surface area contributed by atoms with Crippen LogP contribution in [0.3, 0.4) is 0 Å². The Balaban J connectivity index is 2.91. The van der Waals surface area contributed by atoms with Crippen LogP contribution in [-0.2, 0) is 16.0 Å². The monoisotopic (exact) mass is 335 g/mol. The lowest BCUT2D eigenvalue weighted by atomic mass is 10.1. The zero-order chi connectivity index (χ0) is 18.5. The Kier molecular flexibility index (Phi) is 6.27. The summed E-state index contributed by atoms with van der Waals surface area (Å²) in [6.45, 7) is 8.99. The van der Waals surface area contributed by atoms with E-state index >= 15 is 0 Å². The molecule has 0 radical (unpaired) electrons. The summed E-state index contributed by atoms with van der Waals surface area (Å²) in [6.07, 6.45) is 2.56. The average Bonchev–Trinajstić information content (AvgIpc) is 2.39. The topological polar surface area (TPSA) is 133 Å². The molecule has 1 heterocycles. The van der Waals surface area contributed by atoms with Gasteiger partial charge in [0.2, 0.25) is 5.91 Å². The highest BCUT2D eigenvalue weighted by molar-refractivity contribution is 5.94. The van der Waals surface area contributed by atoms with Crippen LogP contribution in [-0.4, -0.2) is 27.4 Å². The smallest absolute Gasteiger partial charge is 0.365 e. The minimum absolute atomic E-state index is 0.107. The van der Waals surface area contributed by atoms with Crippen molar-refractivity contribution in [3.05, 3.63) is 23.2 Å². The zero-order valence-electron chi connectivity index (χ0n) is 14.8. The molecule has 0 bridgehead atoms. The van der Waals surface area contributed by atoms with Crippen molar-refractivity contribution >= 4 is 23.5 Å². The van der Waals surface area contributed by atoms with Crippen molar-refractivity contribution in [3.8, 4) is 0 Å². The molecule has 0 spiro atoms. The number of aromatic nitrogens is 2. The molecule has 1 amide bonds. The van der Waals surface area contributed by atoms with Crippen LogP contribution in [0.2, 0.25) is 0 Å². The first-order chi connectivity index (χ1) is 11.0. The van der Waals surface area contributed by atoms with Gasteiger partial charge in [-0.2, -0.15) is 0 Å². The minimum atomic E-state index is -0.783. The van der Waals surface area contributed by atoms with Gasteiger partial charge < -0.3 is 21.5 Å². The van der Waals surface area contributed by atoms with E-state index in [1.807, 2.05) is 27.7 Å². The number of hydrogen-bond acceptors (Lipinski definition) is 7. The fraction of sp³-hybridized carbons (Fsp3) is 0.500. The van der Waals surface area contributed by atoms with Crippen molar-refractivity contribution in [1.29, 1.82) is 0 Å². The number of rotatable bonds is 5. The van der Waals surface area contributed by atoms with E-state index in [9.17, 15) is 9.59 Å². The average molecular weight is 335 g/mol. The van der Waals surface area contributed by atoms with Gasteiger partial charge in [0.05, 0.1) is 5.69 Å². The lowest BCUT2D eigenvalue weighted by Crippen LogP contribution is -2.39. The number of nitrogens with two attached hydrogens (primary N) is 2. The van der Waals surface area contributed by atoms with Gasteiger partial charge in [0.25, 0.3) is 0 Å². The molecule has 1 aromatic heterocycles. The number of hydrogen-bond donors (Lipinski definition) is 3. The number of carbonyl (C=O) groups is 2. The molecule has 0 fully saturated rings. The van der Waals surface area contributed by atoms with Crippen molar-refractivity contribution in [3.63, 3.8) is 0 Å². The predicted octanol–water partition coefficient (Wildman–Crippen LogP) is 1.57. The summed E-state index contributed by atoms with van der Waals surface area (Å²) in [7, 11) is 0. The van der Waals surface area contributed by atoms with Crippen molar-refractivity contribution in [1.82, 2.24) is 15.3 Å². The molecular formula is C16H25N5O3. The fourth-order valence-electron chi connectivity index (χ4n) is 1.88. The third-order valence-corrected chi connectivity index (χ3v) is 2.79. The Labute approximate surface area is 141 Å². The number of nitrogen functional groups attached to an aromatic ring is 2. The summed E-state index contributed by atoms with van der Waals surface area (Å²) in [5.74, 6) is -0.936. The Bertz CT molecular complexity index is 662. The predicted molar refractivity (Wildman–Crippen MR) is 91.9 cm³/mol. The molecule has 8 heteroatoms. The van der Waals surface area contributed by atoms with E-state index in [1.54, 1.807) is 0 Å². The van der Waals surface area contributed by atoms with Crippen LogP contribution < -0.4 is 16.8 Å². The molecule has 0 aliphatic rings. The summed E-state index contributed by atoms with van der Waals surface area (Å²) in [5.41, 5.74) is 11.4. The maximum atomic E-state index is 12.2. The van der Waals surface area contributed by atoms with Gasteiger partial charge in [-0.1, -0.05) is 13.3 Å². The number of nitrogens with one attached hydrogen (secondary N) is 1. The van der Waals surface area contributed by atoms with Crippen LogP contribution in [0.15, 0.2) is 11.8 Å². The van der Waals surface area contributed by atoms with E-state index in [2.05, 4.69) is 15.3 Å². The molecule has 0 atom stereocenters. The molecular weight excluding hydrogens is 310 g/mol. The molecule has 132 valence electrons. The third kappa shape index (κ3) is 5.86. The van der Waals surface area contributed by atoms with Gasteiger partial charge in [0, 0.05) is 11.6 Å². The van der Waals surface area contributed by atoms with E-state index in [-0.39, 0.29) is 34.5 Å². The molecule has 0 aliphatic carbocycles. The lowest BCUT2D eigenvalue weighted by Gasteiger charge is -2.19. The normalized spacial score (nSPS) is 12.0. The molecule has 8 nitrogen and oxygen atoms in total. The van der Waals surface area contributed by atoms with E-state index in [0.29, 0.717) is 12.1 Å². The van der Waals surface area contributed by atoms with Crippen molar-refractivity contribution < 1.29 is 14.3 Å². The van der Waals surface area contributed by atoms with Crippen LogP contribution in [0.1, 0.15) is 57.2 Å². The van der Waals surface area contributed by atoms with Crippen LogP contribution >= 0.6 is 0 Å². The third-order valence-electron chi connectivity index (χ3n) is 2.79. The maximum absolute atomic E-state index is 12.2. The van der Waals surface area contributed by atoms with Gasteiger partial charge in [-0.3, -0.25) is 4.79 Å². The number of amides is 1. The molecule has 0 saturated heterocycles. The number of anilines is 2. The molecule has 1 rings (SSSR count). The van der Waals surface area contributed by atoms with Crippen LogP contribution in [0.5, 0.6) is 0 Å². The lowest BCUT2D eigenvalue weighted by molar-refractivity contribution is -0.117. The molecule has 1 aromatic rings. The second kappa shape index (κ2) is 7.76. The Morgan fingerprint density at radius 2 is 1.83 bits per heavy atom. The summed E-state index contributed by atoms with van der Waals surface area (Å²) < 4.78 is 5.11. The second-order valence-corrected chi connectivity index (χ2v) is 6.42. The SMILES string of the molecule is CCCc1nc(C(=O)O/C(C)=C/C(=O)NC(C)(C)C)c(N)nc1N.